The van der Waals surface area contributed by atoms with Crippen LogP contribution in [0.2, 0.25) is 0 Å². The molecule has 0 unspecified atom stereocenters. The summed E-state index contributed by atoms with van der Waals surface area (Å²) >= 11 is 0. The first kappa shape index (κ1) is 55.9. The zero-order valence-electron chi connectivity index (χ0n) is 40.0. The molecule has 0 saturated heterocycles. The number of carbonyl (C=O) groups excluding carboxylic acids is 12. The van der Waals surface area contributed by atoms with Crippen molar-refractivity contribution in [2.24, 2.45) is 0 Å². The Labute approximate surface area is 434 Å². The molecule has 8 aromatic carbocycles. The highest BCUT2D eigenvalue weighted by molar-refractivity contribution is 6.47. The number of benzene rings is 8. The third kappa shape index (κ3) is 17.7. The van der Waals surface area contributed by atoms with Gasteiger partial charge >= 0.3 is 0 Å². The van der Waals surface area contributed by atoms with Crippen LogP contribution in [0.25, 0.3) is 0 Å². The molecule has 0 fully saturated rings. The maximum atomic E-state index is 11.7. The van der Waals surface area contributed by atoms with Gasteiger partial charge in [0.15, 0.2) is 0 Å². The Hall–Kier alpha value is -11.0. The lowest BCUT2D eigenvalue weighted by Crippen LogP contribution is -2.36. The van der Waals surface area contributed by atoms with Gasteiger partial charge in [-0.15, -0.1) is 0 Å². The summed E-state index contributed by atoms with van der Waals surface area (Å²) in [5, 5.41) is 8.27. The summed E-state index contributed by atoms with van der Waals surface area (Å²) in [7, 11) is 0. The van der Waals surface area contributed by atoms with Gasteiger partial charge in [0.2, 0.25) is 0 Å². The smallest absolute Gasteiger partial charge is 0.285 e. The number of amides is 8. The van der Waals surface area contributed by atoms with Crippen LogP contribution in [0.1, 0.15) is 82.9 Å². The van der Waals surface area contributed by atoms with E-state index in [1.807, 2.05) is 0 Å². The topological polar surface area (TPSA) is 253 Å². The molecule has 376 valence electrons. The minimum atomic E-state index is -0.931. The van der Waals surface area contributed by atoms with Crippen molar-refractivity contribution in [2.45, 2.75) is 0 Å². The Morgan fingerprint density at radius 3 is 0.421 bits per heavy atom. The number of imide groups is 4. The van der Waals surface area contributed by atoms with Crippen molar-refractivity contribution in [1.82, 2.24) is 21.3 Å². The molecule has 8 amide bonds. The van der Waals surface area contributed by atoms with Crippen molar-refractivity contribution in [1.29, 1.82) is 0 Å². The van der Waals surface area contributed by atoms with Crippen molar-refractivity contribution in [3.8, 4) is 0 Å². The van der Waals surface area contributed by atoms with E-state index in [9.17, 15) is 57.5 Å². The van der Waals surface area contributed by atoms with Gasteiger partial charge in [-0.1, -0.05) is 194 Å². The highest BCUT2D eigenvalue weighted by Gasteiger charge is 2.22. The molecule has 0 atom stereocenters. The third-order valence-electron chi connectivity index (χ3n) is 10.0. The van der Waals surface area contributed by atoms with Gasteiger partial charge < -0.3 is 0 Å². The van der Waals surface area contributed by atoms with Crippen molar-refractivity contribution in [2.75, 3.05) is 0 Å². The van der Waals surface area contributed by atoms with Gasteiger partial charge in [-0.3, -0.25) is 78.8 Å². The van der Waals surface area contributed by atoms with Crippen molar-refractivity contribution in [3.05, 3.63) is 287 Å². The molecule has 4 N–H and O–H groups in total. The summed E-state index contributed by atoms with van der Waals surface area (Å²) in [6.45, 7) is 0. The minimum Gasteiger partial charge on any atom is -0.285 e. The molecule has 0 saturated carbocycles. The molecule has 0 bridgehead atoms. The average molecular weight is 1010 g/mol. The summed E-state index contributed by atoms with van der Waals surface area (Å²) in [6.07, 6.45) is 0. The van der Waals surface area contributed by atoms with Crippen LogP contribution in [-0.2, 0) is 19.2 Å². The van der Waals surface area contributed by atoms with E-state index in [2.05, 4.69) is 21.3 Å². The molecular weight excluding hydrogens is 969 g/mol. The summed E-state index contributed by atoms with van der Waals surface area (Å²) in [5.74, 6) is -9.00. The number of carbonyl (C=O) groups is 12. The molecule has 16 nitrogen and oxygen atoms in total. The van der Waals surface area contributed by atoms with Crippen molar-refractivity contribution >= 4 is 70.4 Å². The quantitative estimate of drug-likeness (QED) is 0.0695. The number of hydrogen-bond donors (Lipinski definition) is 4. The van der Waals surface area contributed by atoms with Gasteiger partial charge in [-0.05, 0) is 48.5 Å². The van der Waals surface area contributed by atoms with E-state index in [1.165, 1.54) is 48.5 Å². The maximum Gasteiger partial charge on any atom is 0.299 e. The molecule has 0 spiro atoms. The number of Topliss-reactive ketones (excluding diaryl/α,β-unsaturated/α-hetero) is 4. The van der Waals surface area contributed by atoms with Gasteiger partial charge in [-0.25, -0.2) is 0 Å². The van der Waals surface area contributed by atoms with Crippen LogP contribution in [0.4, 0.5) is 0 Å². The second-order valence-corrected chi connectivity index (χ2v) is 15.4. The SMILES string of the molecule is O=C(NC(=O)c1ccccc1)C(=O)c1ccccc1.O=C(NC(=O)c1ccccc1)C(=O)c1ccccc1.O=C(NC(=O)c1ccccc1)C(=O)c1ccccc1.O=C(NC(=O)c1ccccc1)C(=O)c1ccccc1. The maximum absolute atomic E-state index is 11.7. The normalized spacial score (nSPS) is 9.68. The average Bonchev–Trinajstić information content (AvgIpc) is 3.48. The second-order valence-electron chi connectivity index (χ2n) is 15.4. The summed E-state index contributed by atoms with van der Waals surface area (Å²) < 4.78 is 0. The predicted octanol–water partition coefficient (Wildman–Crippen LogP) is 7.30. The first-order valence-electron chi connectivity index (χ1n) is 22.7. The Kier molecular flexibility index (Phi) is 21.6. The predicted molar refractivity (Wildman–Crippen MR) is 279 cm³/mol. The lowest BCUT2D eigenvalue weighted by atomic mass is 10.1. The fourth-order valence-corrected chi connectivity index (χ4v) is 6.17. The molecular formula is C60H44N4O12. The van der Waals surface area contributed by atoms with Crippen LogP contribution >= 0.6 is 0 Å². The fraction of sp³-hybridized carbons (Fsp3) is 0. The number of ketones is 4. The monoisotopic (exact) mass is 1010 g/mol. The number of nitrogens with one attached hydrogen (secondary N) is 4. The lowest BCUT2D eigenvalue weighted by Gasteiger charge is -2.03. The minimum absolute atomic E-state index is 0.251. The Morgan fingerprint density at radius 1 is 0.171 bits per heavy atom. The van der Waals surface area contributed by atoms with E-state index in [4.69, 9.17) is 0 Å². The van der Waals surface area contributed by atoms with Gasteiger partial charge in [-0.2, -0.15) is 0 Å². The molecule has 0 aliphatic carbocycles. The fourth-order valence-electron chi connectivity index (χ4n) is 6.17. The first-order valence-corrected chi connectivity index (χ1v) is 22.7. The van der Waals surface area contributed by atoms with Crippen LogP contribution in [0.3, 0.4) is 0 Å². The highest BCUT2D eigenvalue weighted by atomic mass is 16.2. The summed E-state index contributed by atoms with van der Waals surface area (Å²) in [4.78, 5) is 140. The number of hydrogen-bond acceptors (Lipinski definition) is 12. The van der Waals surface area contributed by atoms with Gasteiger partial charge in [0.25, 0.3) is 70.4 Å². The van der Waals surface area contributed by atoms with Crippen molar-refractivity contribution < 1.29 is 57.5 Å². The van der Waals surface area contributed by atoms with E-state index < -0.39 is 70.4 Å². The standard InChI is InChI=1S/4C15H11NO3/c4*17-13(11-7-3-1-4-8-11)15(19)16-14(18)12-9-5-2-6-10-12/h4*1-10H,(H,16,18,19). The molecule has 8 aromatic rings. The summed E-state index contributed by atoms with van der Waals surface area (Å²) in [5.41, 5.74) is 2.32. The first-order chi connectivity index (χ1) is 36.7. The van der Waals surface area contributed by atoms with E-state index >= 15 is 0 Å². The van der Waals surface area contributed by atoms with Gasteiger partial charge in [0.1, 0.15) is 0 Å². The van der Waals surface area contributed by atoms with E-state index in [0.717, 1.165) is 0 Å². The van der Waals surface area contributed by atoms with Crippen LogP contribution < -0.4 is 21.3 Å². The molecule has 0 heterocycles. The van der Waals surface area contributed by atoms with Gasteiger partial charge in [0, 0.05) is 44.5 Å². The largest absolute Gasteiger partial charge is 0.299 e. The Bertz CT molecular complexity index is 2880. The van der Waals surface area contributed by atoms with E-state index in [0.29, 0.717) is 22.3 Å². The molecule has 0 radical (unpaired) electrons. The summed E-state index contributed by atoms with van der Waals surface area (Å²) in [6, 6.07) is 65.3. The van der Waals surface area contributed by atoms with E-state index in [-0.39, 0.29) is 22.3 Å². The van der Waals surface area contributed by atoms with Crippen LogP contribution in [0.5, 0.6) is 0 Å². The van der Waals surface area contributed by atoms with Gasteiger partial charge in [0.05, 0.1) is 0 Å². The zero-order valence-corrected chi connectivity index (χ0v) is 40.0. The molecule has 0 aliphatic rings. The highest BCUT2D eigenvalue weighted by Crippen LogP contribution is 2.06. The Morgan fingerprint density at radius 2 is 0.289 bits per heavy atom. The van der Waals surface area contributed by atoms with Crippen LogP contribution in [-0.4, -0.2) is 70.4 Å². The molecule has 0 aromatic heterocycles. The zero-order chi connectivity index (χ0) is 54.7. The van der Waals surface area contributed by atoms with Crippen LogP contribution in [0.15, 0.2) is 243 Å². The molecule has 0 aliphatic heterocycles. The molecule has 76 heavy (non-hydrogen) atoms. The molecule has 16 heteroatoms. The van der Waals surface area contributed by atoms with Crippen molar-refractivity contribution in [3.63, 3.8) is 0 Å². The second kappa shape index (κ2) is 29.4. The third-order valence-corrected chi connectivity index (χ3v) is 10.0. The lowest BCUT2D eigenvalue weighted by molar-refractivity contribution is -0.116. The van der Waals surface area contributed by atoms with E-state index in [1.54, 1.807) is 194 Å². The number of rotatable bonds is 12. The Balaban J connectivity index is 0.000000187. The molecule has 8 rings (SSSR count). The van der Waals surface area contributed by atoms with Crippen LogP contribution in [0, 0.1) is 0 Å².